The van der Waals surface area contributed by atoms with Crippen molar-refractivity contribution < 1.29 is 25.9 Å². The minimum absolute atomic E-state index is 0.159. The van der Waals surface area contributed by atoms with Crippen LogP contribution >= 0.6 is 23.1 Å². The molecule has 1 aromatic heterocycles. The largest absolute Gasteiger partial charge is 0.341 e. The highest BCUT2D eigenvalue weighted by atomic mass is 32.2. The number of benzene rings is 2. The predicted molar refractivity (Wildman–Crippen MR) is 128 cm³/mol. The molecule has 2 heterocycles. The number of fused-ring (bicyclic) bond motifs is 2. The van der Waals surface area contributed by atoms with Crippen molar-refractivity contribution in [2.45, 2.75) is 40.6 Å². The van der Waals surface area contributed by atoms with E-state index in [0.29, 0.717) is 22.6 Å². The highest BCUT2D eigenvalue weighted by Crippen LogP contribution is 2.45. The fourth-order valence-corrected chi connectivity index (χ4v) is 7.32. The number of anilines is 1. The number of thioether (sulfide) groups is 1. The molecule has 1 unspecified atom stereocenters. The van der Waals surface area contributed by atoms with Gasteiger partial charge in [-0.05, 0) is 50.2 Å². The van der Waals surface area contributed by atoms with Crippen molar-refractivity contribution in [3.05, 3.63) is 41.2 Å². The summed E-state index contributed by atoms with van der Waals surface area (Å²) in [5.41, 5.74) is 1.39. The number of hydrogen-bond donors (Lipinski definition) is 2. The number of nitrogens with zero attached hydrogens (tertiary/aromatic N) is 4. The SMILES string of the molecule is CCN1c2ccc(S(=O)(=O)O)cc2SC1N(C)/N=c1/sc2cc(S(=O)(=O)O)ccc2n1CC. The van der Waals surface area contributed by atoms with E-state index in [1.807, 2.05) is 25.5 Å². The Morgan fingerprint density at radius 3 is 2.24 bits per heavy atom. The van der Waals surface area contributed by atoms with Crippen LogP contribution in [0.2, 0.25) is 0 Å². The summed E-state index contributed by atoms with van der Waals surface area (Å²) in [5, 5.41) is 6.53. The van der Waals surface area contributed by atoms with E-state index in [-0.39, 0.29) is 15.3 Å². The molecular weight excluding hydrogens is 508 g/mol. The van der Waals surface area contributed by atoms with Crippen molar-refractivity contribution in [2.24, 2.45) is 5.10 Å². The highest BCUT2D eigenvalue weighted by Gasteiger charge is 2.33. The maximum absolute atomic E-state index is 11.5. The molecule has 0 radical (unpaired) electrons. The summed E-state index contributed by atoms with van der Waals surface area (Å²) in [6, 6.07) is 8.93. The van der Waals surface area contributed by atoms with Crippen molar-refractivity contribution in [3.8, 4) is 0 Å². The Labute approximate surface area is 199 Å². The Kier molecular flexibility index (Phi) is 6.26. The molecule has 1 aliphatic heterocycles. The summed E-state index contributed by atoms with van der Waals surface area (Å²) in [4.78, 5) is 3.10. The maximum Gasteiger partial charge on any atom is 0.294 e. The number of rotatable bonds is 6. The fraction of sp³-hybridized carbons (Fsp3) is 0.316. The standard InChI is InChI=1S/C19H22N4O6S4/c1-4-22-14-8-6-12(32(24,25)26)10-16(14)30-18(22)20-21(3)19-23(5-2)15-9-7-13(33(27,28)29)11-17(15)31-19/h6-11,19H,4-5H2,1-3H3,(H,24,25,26)(H,27,28,29)/b20-18+. The lowest BCUT2D eigenvalue weighted by molar-refractivity contribution is 0.312. The molecule has 2 N–H and O–H groups in total. The summed E-state index contributed by atoms with van der Waals surface area (Å²) in [7, 11) is -6.80. The van der Waals surface area contributed by atoms with Gasteiger partial charge in [0, 0.05) is 25.0 Å². The molecule has 1 aliphatic rings. The zero-order valence-electron chi connectivity index (χ0n) is 17.9. The van der Waals surface area contributed by atoms with Crippen LogP contribution in [0.15, 0.2) is 56.2 Å². The molecule has 0 saturated carbocycles. The van der Waals surface area contributed by atoms with Gasteiger partial charge >= 0.3 is 0 Å². The quantitative estimate of drug-likeness (QED) is 0.365. The van der Waals surface area contributed by atoms with Crippen LogP contribution in [0.25, 0.3) is 10.2 Å². The van der Waals surface area contributed by atoms with E-state index in [1.54, 1.807) is 17.1 Å². The molecule has 0 amide bonds. The van der Waals surface area contributed by atoms with Gasteiger partial charge in [-0.3, -0.25) is 14.1 Å². The van der Waals surface area contributed by atoms with Gasteiger partial charge in [0.05, 0.1) is 25.7 Å². The second-order valence-corrected chi connectivity index (χ2v) is 12.2. The van der Waals surface area contributed by atoms with Crippen molar-refractivity contribution in [1.82, 2.24) is 9.58 Å². The van der Waals surface area contributed by atoms with E-state index in [1.165, 1.54) is 47.4 Å². The minimum Gasteiger partial charge on any atom is -0.341 e. The number of hydrogen-bond acceptors (Lipinski definition) is 9. The van der Waals surface area contributed by atoms with Gasteiger partial charge in [0.2, 0.25) is 4.80 Å². The Morgan fingerprint density at radius 1 is 1.00 bits per heavy atom. The zero-order chi connectivity index (χ0) is 24.1. The van der Waals surface area contributed by atoms with Gasteiger partial charge in [-0.2, -0.15) is 16.8 Å². The van der Waals surface area contributed by atoms with Crippen LogP contribution in [0.1, 0.15) is 13.8 Å². The lowest BCUT2D eigenvalue weighted by atomic mass is 10.3. The summed E-state index contributed by atoms with van der Waals surface area (Å²) >= 11 is 2.72. The van der Waals surface area contributed by atoms with Gasteiger partial charge in [0.15, 0.2) is 5.50 Å². The first-order valence-electron chi connectivity index (χ1n) is 9.87. The van der Waals surface area contributed by atoms with Gasteiger partial charge < -0.3 is 9.47 Å². The van der Waals surface area contributed by atoms with Crippen LogP contribution < -0.4 is 9.70 Å². The molecule has 4 rings (SSSR count). The van der Waals surface area contributed by atoms with E-state index in [0.717, 1.165) is 16.1 Å². The molecule has 1 atom stereocenters. The van der Waals surface area contributed by atoms with Crippen LogP contribution in [-0.2, 0) is 26.8 Å². The molecule has 2 aromatic carbocycles. The van der Waals surface area contributed by atoms with Gasteiger partial charge in [0.25, 0.3) is 20.2 Å². The maximum atomic E-state index is 11.5. The van der Waals surface area contributed by atoms with E-state index in [4.69, 9.17) is 5.10 Å². The molecule has 0 aliphatic carbocycles. The van der Waals surface area contributed by atoms with Crippen molar-refractivity contribution in [2.75, 3.05) is 18.5 Å². The Morgan fingerprint density at radius 2 is 1.64 bits per heavy atom. The normalized spacial score (nSPS) is 17.1. The monoisotopic (exact) mass is 530 g/mol. The smallest absolute Gasteiger partial charge is 0.294 e. The molecule has 178 valence electrons. The van der Waals surface area contributed by atoms with Gasteiger partial charge in [-0.15, -0.1) is 5.10 Å². The van der Waals surface area contributed by atoms with Gasteiger partial charge in [0.1, 0.15) is 0 Å². The molecule has 10 nitrogen and oxygen atoms in total. The third kappa shape index (κ3) is 4.50. The van der Waals surface area contributed by atoms with E-state index >= 15 is 0 Å². The molecule has 0 spiro atoms. The third-order valence-electron chi connectivity index (χ3n) is 5.21. The fourth-order valence-electron chi connectivity index (χ4n) is 3.67. The van der Waals surface area contributed by atoms with Crippen molar-refractivity contribution >= 4 is 59.2 Å². The van der Waals surface area contributed by atoms with E-state index in [2.05, 4.69) is 4.90 Å². The average molecular weight is 531 g/mol. The zero-order valence-corrected chi connectivity index (χ0v) is 21.2. The molecule has 33 heavy (non-hydrogen) atoms. The number of thiazole rings is 1. The summed E-state index contributed by atoms with van der Waals surface area (Å²) in [6.07, 6.45) is 0. The van der Waals surface area contributed by atoms with Crippen LogP contribution in [0, 0.1) is 0 Å². The molecule has 0 saturated heterocycles. The Hall–Kier alpha value is -2.10. The summed E-state index contributed by atoms with van der Waals surface area (Å²) in [6.45, 7) is 5.19. The first-order valence-corrected chi connectivity index (χ1v) is 14.4. The average Bonchev–Trinajstić information content (AvgIpc) is 3.28. The predicted octanol–water partition coefficient (Wildman–Crippen LogP) is 2.88. The van der Waals surface area contributed by atoms with Crippen LogP contribution in [0.5, 0.6) is 0 Å². The first-order chi connectivity index (χ1) is 15.4. The minimum atomic E-state index is -4.31. The lowest BCUT2D eigenvalue weighted by Gasteiger charge is -2.30. The summed E-state index contributed by atoms with van der Waals surface area (Å²) in [5.74, 6) is 0. The van der Waals surface area contributed by atoms with Crippen molar-refractivity contribution in [1.29, 1.82) is 0 Å². The lowest BCUT2D eigenvalue weighted by Crippen LogP contribution is -2.40. The van der Waals surface area contributed by atoms with E-state index < -0.39 is 20.2 Å². The van der Waals surface area contributed by atoms with Gasteiger partial charge in [-0.1, -0.05) is 23.1 Å². The Balaban J connectivity index is 1.74. The van der Waals surface area contributed by atoms with Crippen LogP contribution in [-0.4, -0.2) is 54.6 Å². The number of aromatic nitrogens is 1. The van der Waals surface area contributed by atoms with Crippen LogP contribution in [0.3, 0.4) is 0 Å². The van der Waals surface area contributed by atoms with Gasteiger partial charge in [-0.25, -0.2) is 0 Å². The topological polar surface area (TPSA) is 133 Å². The molecule has 0 fully saturated rings. The first kappa shape index (κ1) is 24.0. The second kappa shape index (κ2) is 8.60. The molecule has 3 aromatic rings. The highest BCUT2D eigenvalue weighted by molar-refractivity contribution is 8.00. The Bertz CT molecular complexity index is 1510. The van der Waals surface area contributed by atoms with E-state index in [9.17, 15) is 25.9 Å². The van der Waals surface area contributed by atoms with Crippen LogP contribution in [0.4, 0.5) is 5.69 Å². The molecule has 14 heteroatoms. The molecule has 0 bridgehead atoms. The second-order valence-electron chi connectivity index (χ2n) is 7.24. The molecular formula is C19H22N4O6S4. The summed E-state index contributed by atoms with van der Waals surface area (Å²) < 4.78 is 67.4. The third-order valence-corrected chi connectivity index (χ3v) is 9.29. The number of aryl methyl sites for hydroxylation is 1. The van der Waals surface area contributed by atoms with Crippen molar-refractivity contribution in [3.63, 3.8) is 0 Å².